The summed E-state index contributed by atoms with van der Waals surface area (Å²) in [6.07, 6.45) is 0. The first-order chi connectivity index (χ1) is 8.82. The van der Waals surface area contributed by atoms with E-state index in [1.165, 1.54) is 11.8 Å². The summed E-state index contributed by atoms with van der Waals surface area (Å²) in [6.45, 7) is 7.41. The molecule has 19 heavy (non-hydrogen) atoms. The number of amides is 1. The van der Waals surface area contributed by atoms with Crippen molar-refractivity contribution in [3.63, 3.8) is 0 Å². The van der Waals surface area contributed by atoms with E-state index in [2.05, 4.69) is 15.5 Å². The Kier molecular flexibility index (Phi) is 5.41. The lowest BCUT2D eigenvalue weighted by Crippen LogP contribution is -2.35. The van der Waals surface area contributed by atoms with E-state index in [4.69, 9.17) is 0 Å². The number of nitrogens with one attached hydrogen (secondary N) is 2. The zero-order valence-corrected chi connectivity index (χ0v) is 12.3. The Hall–Kier alpha value is -1.50. The molecule has 0 aliphatic rings. The van der Waals surface area contributed by atoms with Gasteiger partial charge < -0.3 is 10.4 Å². The van der Waals surface area contributed by atoms with Crippen LogP contribution in [0.3, 0.4) is 0 Å². The number of H-pyrrole nitrogens is 1. The van der Waals surface area contributed by atoms with Crippen LogP contribution in [-0.4, -0.2) is 38.2 Å². The van der Waals surface area contributed by atoms with Crippen molar-refractivity contribution in [3.8, 4) is 0 Å². The number of aromatic nitrogens is 2. The number of carbonyl (C=O) groups is 2. The third kappa shape index (κ3) is 4.27. The molecular weight excluding hydrogens is 266 g/mol. The van der Waals surface area contributed by atoms with Gasteiger partial charge in [-0.25, -0.2) is 4.79 Å². The Labute approximate surface area is 116 Å². The number of aromatic amines is 1. The summed E-state index contributed by atoms with van der Waals surface area (Å²) >= 11 is 1.47. The molecule has 0 aliphatic heterocycles. The summed E-state index contributed by atoms with van der Waals surface area (Å²) in [6, 6.07) is -1.06. The number of carbonyl (C=O) groups excluding carboxylic acids is 1. The standard InChI is InChI=1S/C12H19N3O3S/c1-6(2)19-5-9(16)13-11(12(17)18)10-7(3)14-15-8(10)4/h6,11H,5H2,1-4H3,(H,13,16)(H,14,15)(H,17,18). The van der Waals surface area contributed by atoms with Gasteiger partial charge in [0.25, 0.3) is 0 Å². The van der Waals surface area contributed by atoms with Crippen LogP contribution in [0, 0.1) is 13.8 Å². The largest absolute Gasteiger partial charge is 0.479 e. The molecule has 1 amide bonds. The number of aliphatic carboxylic acids is 1. The fourth-order valence-corrected chi connectivity index (χ4v) is 2.26. The highest BCUT2D eigenvalue weighted by atomic mass is 32.2. The number of hydrogen-bond donors (Lipinski definition) is 3. The molecule has 1 unspecified atom stereocenters. The molecule has 0 fully saturated rings. The molecule has 6 nitrogen and oxygen atoms in total. The zero-order chi connectivity index (χ0) is 14.6. The molecule has 1 heterocycles. The van der Waals surface area contributed by atoms with E-state index in [0.717, 1.165) is 0 Å². The van der Waals surface area contributed by atoms with Crippen LogP contribution >= 0.6 is 11.8 Å². The molecule has 0 saturated carbocycles. The second kappa shape index (κ2) is 6.60. The maximum absolute atomic E-state index is 11.8. The summed E-state index contributed by atoms with van der Waals surface area (Å²) in [5, 5.41) is 18.8. The lowest BCUT2D eigenvalue weighted by atomic mass is 10.1. The van der Waals surface area contributed by atoms with Crippen LogP contribution in [0.1, 0.15) is 36.8 Å². The average molecular weight is 285 g/mol. The second-order valence-electron chi connectivity index (χ2n) is 4.55. The first-order valence-corrected chi connectivity index (χ1v) is 7.03. The number of carboxylic acids is 1. The summed E-state index contributed by atoms with van der Waals surface area (Å²) in [5.74, 6) is -1.13. The third-order valence-electron chi connectivity index (χ3n) is 2.57. The van der Waals surface area contributed by atoms with E-state index in [0.29, 0.717) is 22.2 Å². The summed E-state index contributed by atoms with van der Waals surface area (Å²) < 4.78 is 0. The minimum absolute atomic E-state index is 0.247. The molecule has 0 aromatic carbocycles. The summed E-state index contributed by atoms with van der Waals surface area (Å²) in [5.41, 5.74) is 1.76. The number of aryl methyl sites for hydroxylation is 2. The number of nitrogens with zero attached hydrogens (tertiary/aromatic N) is 1. The van der Waals surface area contributed by atoms with E-state index in [1.807, 2.05) is 13.8 Å². The molecule has 3 N–H and O–H groups in total. The van der Waals surface area contributed by atoms with Gasteiger partial charge in [0, 0.05) is 11.3 Å². The normalized spacial score (nSPS) is 12.5. The van der Waals surface area contributed by atoms with Crippen molar-refractivity contribution in [1.29, 1.82) is 0 Å². The highest BCUT2D eigenvalue weighted by Crippen LogP contribution is 2.20. The molecule has 1 rings (SSSR count). The molecule has 1 aromatic heterocycles. The highest BCUT2D eigenvalue weighted by Gasteiger charge is 2.27. The van der Waals surface area contributed by atoms with Crippen LogP contribution in [0.15, 0.2) is 0 Å². The van der Waals surface area contributed by atoms with Crippen molar-refractivity contribution in [2.45, 2.75) is 39.0 Å². The van der Waals surface area contributed by atoms with Gasteiger partial charge in [-0.2, -0.15) is 5.10 Å². The quantitative estimate of drug-likeness (QED) is 0.734. The van der Waals surface area contributed by atoms with Gasteiger partial charge in [-0.15, -0.1) is 11.8 Å². The Bertz CT molecular complexity index is 451. The Morgan fingerprint density at radius 2 is 2.05 bits per heavy atom. The lowest BCUT2D eigenvalue weighted by molar-refractivity contribution is -0.141. The van der Waals surface area contributed by atoms with Gasteiger partial charge in [0.1, 0.15) is 0 Å². The minimum atomic E-state index is -1.09. The van der Waals surface area contributed by atoms with Crippen LogP contribution in [0.2, 0.25) is 0 Å². The van der Waals surface area contributed by atoms with Gasteiger partial charge >= 0.3 is 5.97 Å². The highest BCUT2D eigenvalue weighted by molar-refractivity contribution is 8.00. The van der Waals surface area contributed by atoms with Crippen molar-refractivity contribution in [2.75, 3.05) is 5.75 Å². The predicted molar refractivity (Wildman–Crippen MR) is 74.2 cm³/mol. The first-order valence-electron chi connectivity index (χ1n) is 5.98. The molecular formula is C12H19N3O3S. The SMILES string of the molecule is Cc1n[nH]c(C)c1C(NC(=O)CSC(C)C)C(=O)O. The fraction of sp³-hybridized carbons (Fsp3) is 0.583. The number of thioether (sulfide) groups is 1. The molecule has 1 atom stereocenters. The Morgan fingerprint density at radius 3 is 2.47 bits per heavy atom. The number of hydrogen-bond acceptors (Lipinski definition) is 4. The van der Waals surface area contributed by atoms with Crippen molar-refractivity contribution in [2.24, 2.45) is 0 Å². The van der Waals surface area contributed by atoms with Crippen LogP contribution in [0.25, 0.3) is 0 Å². The van der Waals surface area contributed by atoms with Crippen LogP contribution < -0.4 is 5.32 Å². The van der Waals surface area contributed by atoms with Gasteiger partial charge in [0.05, 0.1) is 11.4 Å². The van der Waals surface area contributed by atoms with Crippen molar-refractivity contribution in [1.82, 2.24) is 15.5 Å². The lowest BCUT2D eigenvalue weighted by Gasteiger charge is -2.15. The average Bonchev–Trinajstić information content (AvgIpc) is 2.63. The number of rotatable bonds is 6. The summed E-state index contributed by atoms with van der Waals surface area (Å²) in [4.78, 5) is 23.1. The van der Waals surface area contributed by atoms with Gasteiger partial charge in [0.15, 0.2) is 6.04 Å². The molecule has 0 spiro atoms. The van der Waals surface area contributed by atoms with Crippen molar-refractivity contribution < 1.29 is 14.7 Å². The topological polar surface area (TPSA) is 95.1 Å². The molecule has 7 heteroatoms. The zero-order valence-electron chi connectivity index (χ0n) is 11.5. The second-order valence-corrected chi connectivity index (χ2v) is 6.11. The molecule has 106 valence electrons. The van der Waals surface area contributed by atoms with E-state index >= 15 is 0 Å². The molecule has 0 saturated heterocycles. The molecule has 0 aliphatic carbocycles. The monoisotopic (exact) mass is 285 g/mol. The first kappa shape index (κ1) is 15.6. The van der Waals surface area contributed by atoms with Gasteiger partial charge in [0.2, 0.25) is 5.91 Å². The van der Waals surface area contributed by atoms with Gasteiger partial charge in [-0.05, 0) is 19.1 Å². The number of carboxylic acid groups (broad SMARTS) is 1. The Balaban J connectivity index is 2.80. The third-order valence-corrected chi connectivity index (χ3v) is 3.67. The fourth-order valence-electron chi connectivity index (χ4n) is 1.69. The van der Waals surface area contributed by atoms with Crippen LogP contribution in [0.5, 0.6) is 0 Å². The van der Waals surface area contributed by atoms with E-state index in [1.54, 1.807) is 13.8 Å². The molecule has 0 bridgehead atoms. The predicted octanol–water partition coefficient (Wildman–Crippen LogP) is 1.41. The van der Waals surface area contributed by atoms with E-state index in [-0.39, 0.29) is 11.7 Å². The van der Waals surface area contributed by atoms with Crippen molar-refractivity contribution >= 4 is 23.6 Å². The van der Waals surface area contributed by atoms with Crippen molar-refractivity contribution in [3.05, 3.63) is 17.0 Å². The van der Waals surface area contributed by atoms with Gasteiger partial charge in [-0.1, -0.05) is 13.8 Å². The van der Waals surface area contributed by atoms with Crippen LogP contribution in [0.4, 0.5) is 0 Å². The maximum Gasteiger partial charge on any atom is 0.331 e. The minimum Gasteiger partial charge on any atom is -0.479 e. The van der Waals surface area contributed by atoms with Gasteiger partial charge in [-0.3, -0.25) is 9.89 Å². The Morgan fingerprint density at radius 1 is 1.42 bits per heavy atom. The summed E-state index contributed by atoms with van der Waals surface area (Å²) in [7, 11) is 0. The molecule has 1 aromatic rings. The maximum atomic E-state index is 11.8. The van der Waals surface area contributed by atoms with E-state index in [9.17, 15) is 14.7 Å². The van der Waals surface area contributed by atoms with Crippen LogP contribution in [-0.2, 0) is 9.59 Å². The molecule has 0 radical (unpaired) electrons. The smallest absolute Gasteiger partial charge is 0.331 e. The van der Waals surface area contributed by atoms with E-state index < -0.39 is 12.0 Å².